The number of hydrogen-bond donors (Lipinski definition) is 2. The SMILES string of the molecule is Cc1ccc(CC(=O)NCC(=O)NCc2ccc(F)cc2)cc1. The fourth-order valence-electron chi connectivity index (χ4n) is 2.00. The van der Waals surface area contributed by atoms with Gasteiger partial charge in [0.15, 0.2) is 0 Å². The number of amides is 2. The summed E-state index contributed by atoms with van der Waals surface area (Å²) in [6.45, 7) is 2.20. The van der Waals surface area contributed by atoms with Crippen LogP contribution in [0.15, 0.2) is 48.5 Å². The molecule has 2 N–H and O–H groups in total. The van der Waals surface area contributed by atoms with E-state index in [4.69, 9.17) is 0 Å². The first kappa shape index (κ1) is 16.7. The summed E-state index contributed by atoms with van der Waals surface area (Å²) in [4.78, 5) is 23.5. The fraction of sp³-hybridized carbons (Fsp3) is 0.222. The summed E-state index contributed by atoms with van der Waals surface area (Å²) in [6.07, 6.45) is 0.242. The first-order chi connectivity index (χ1) is 11.0. The number of carbonyl (C=O) groups excluding carboxylic acids is 2. The van der Waals surface area contributed by atoms with E-state index in [1.54, 1.807) is 12.1 Å². The van der Waals surface area contributed by atoms with Crippen molar-refractivity contribution in [1.82, 2.24) is 10.6 Å². The Labute approximate surface area is 134 Å². The molecular formula is C18H19FN2O2. The van der Waals surface area contributed by atoms with Gasteiger partial charge in [-0.1, -0.05) is 42.0 Å². The van der Waals surface area contributed by atoms with Crippen molar-refractivity contribution in [3.05, 3.63) is 71.0 Å². The van der Waals surface area contributed by atoms with Gasteiger partial charge in [0.05, 0.1) is 13.0 Å². The van der Waals surface area contributed by atoms with Crippen LogP contribution in [0.3, 0.4) is 0 Å². The van der Waals surface area contributed by atoms with E-state index < -0.39 is 0 Å². The van der Waals surface area contributed by atoms with Crippen LogP contribution in [0.5, 0.6) is 0 Å². The van der Waals surface area contributed by atoms with Gasteiger partial charge in [-0.3, -0.25) is 9.59 Å². The molecule has 0 aromatic heterocycles. The minimum Gasteiger partial charge on any atom is -0.350 e. The van der Waals surface area contributed by atoms with Crippen LogP contribution in [-0.2, 0) is 22.6 Å². The lowest BCUT2D eigenvalue weighted by Crippen LogP contribution is -2.37. The van der Waals surface area contributed by atoms with Gasteiger partial charge in [0.25, 0.3) is 0 Å². The maximum absolute atomic E-state index is 12.8. The van der Waals surface area contributed by atoms with Gasteiger partial charge in [-0.25, -0.2) is 4.39 Å². The smallest absolute Gasteiger partial charge is 0.239 e. The predicted molar refractivity (Wildman–Crippen MR) is 86.1 cm³/mol. The first-order valence-electron chi connectivity index (χ1n) is 7.36. The Morgan fingerprint density at radius 2 is 1.48 bits per heavy atom. The van der Waals surface area contributed by atoms with Gasteiger partial charge in [0, 0.05) is 6.54 Å². The third kappa shape index (κ3) is 5.90. The highest BCUT2D eigenvalue weighted by atomic mass is 19.1. The molecule has 23 heavy (non-hydrogen) atoms. The summed E-state index contributed by atoms with van der Waals surface area (Å²) < 4.78 is 12.8. The standard InChI is InChI=1S/C18H19FN2O2/c1-13-2-4-14(5-3-13)10-17(22)21-12-18(23)20-11-15-6-8-16(19)9-7-15/h2-9H,10-12H2,1H3,(H,20,23)(H,21,22). The quantitative estimate of drug-likeness (QED) is 0.858. The van der Waals surface area contributed by atoms with Crippen molar-refractivity contribution >= 4 is 11.8 Å². The number of nitrogens with one attached hydrogen (secondary N) is 2. The van der Waals surface area contributed by atoms with Crippen LogP contribution in [0.2, 0.25) is 0 Å². The van der Waals surface area contributed by atoms with Crippen molar-refractivity contribution in [2.75, 3.05) is 6.54 Å². The molecule has 0 unspecified atom stereocenters. The molecule has 0 spiro atoms. The van der Waals surface area contributed by atoms with E-state index in [0.29, 0.717) is 6.54 Å². The molecule has 2 aromatic rings. The second-order valence-electron chi connectivity index (χ2n) is 5.34. The second-order valence-corrected chi connectivity index (χ2v) is 5.34. The largest absolute Gasteiger partial charge is 0.350 e. The molecule has 0 aliphatic rings. The highest BCUT2D eigenvalue weighted by Crippen LogP contribution is 2.04. The second kappa shape index (κ2) is 8.08. The van der Waals surface area contributed by atoms with Crippen LogP contribution in [0.4, 0.5) is 4.39 Å². The van der Waals surface area contributed by atoms with Crippen LogP contribution in [0, 0.1) is 12.7 Å². The molecule has 0 aliphatic carbocycles. The zero-order valence-corrected chi connectivity index (χ0v) is 12.9. The van der Waals surface area contributed by atoms with Gasteiger partial charge in [0.2, 0.25) is 11.8 Å². The molecule has 5 heteroatoms. The molecule has 0 saturated carbocycles. The molecule has 0 heterocycles. The van der Waals surface area contributed by atoms with E-state index in [-0.39, 0.29) is 30.6 Å². The molecule has 0 atom stereocenters. The Kier molecular flexibility index (Phi) is 5.86. The molecule has 0 saturated heterocycles. The molecule has 0 bridgehead atoms. The number of rotatable bonds is 6. The molecule has 2 amide bonds. The molecule has 0 aliphatic heterocycles. The van der Waals surface area contributed by atoms with Crippen molar-refractivity contribution in [3.8, 4) is 0 Å². The van der Waals surface area contributed by atoms with E-state index in [0.717, 1.165) is 16.7 Å². The number of carbonyl (C=O) groups is 2. The van der Waals surface area contributed by atoms with Crippen LogP contribution in [0.1, 0.15) is 16.7 Å². The first-order valence-corrected chi connectivity index (χ1v) is 7.36. The third-order valence-electron chi connectivity index (χ3n) is 3.33. The van der Waals surface area contributed by atoms with E-state index in [9.17, 15) is 14.0 Å². The Balaban J connectivity index is 1.70. The molecule has 4 nitrogen and oxygen atoms in total. The average molecular weight is 314 g/mol. The molecule has 0 radical (unpaired) electrons. The van der Waals surface area contributed by atoms with Gasteiger partial charge >= 0.3 is 0 Å². The van der Waals surface area contributed by atoms with Gasteiger partial charge < -0.3 is 10.6 Å². The minimum absolute atomic E-state index is 0.0775. The Bertz CT molecular complexity index is 666. The highest BCUT2D eigenvalue weighted by molar-refractivity contribution is 5.85. The van der Waals surface area contributed by atoms with Crippen LogP contribution in [0.25, 0.3) is 0 Å². The van der Waals surface area contributed by atoms with Crippen molar-refractivity contribution in [3.63, 3.8) is 0 Å². The lowest BCUT2D eigenvalue weighted by molar-refractivity contribution is -0.125. The summed E-state index contributed by atoms with van der Waals surface area (Å²) in [5.41, 5.74) is 2.83. The van der Waals surface area contributed by atoms with Gasteiger partial charge in [-0.05, 0) is 30.2 Å². The average Bonchev–Trinajstić information content (AvgIpc) is 2.54. The number of hydrogen-bond acceptors (Lipinski definition) is 2. The predicted octanol–water partition coefficient (Wildman–Crippen LogP) is 2.11. The van der Waals surface area contributed by atoms with E-state index >= 15 is 0 Å². The van der Waals surface area contributed by atoms with Gasteiger partial charge in [-0.2, -0.15) is 0 Å². The van der Waals surface area contributed by atoms with Crippen LogP contribution >= 0.6 is 0 Å². The monoisotopic (exact) mass is 314 g/mol. The summed E-state index contributed by atoms with van der Waals surface area (Å²) >= 11 is 0. The summed E-state index contributed by atoms with van der Waals surface area (Å²) in [5, 5.41) is 5.25. The van der Waals surface area contributed by atoms with Crippen LogP contribution < -0.4 is 10.6 Å². The lowest BCUT2D eigenvalue weighted by atomic mass is 10.1. The summed E-state index contributed by atoms with van der Waals surface area (Å²) in [6, 6.07) is 13.6. The Hall–Kier alpha value is -2.69. The van der Waals surface area contributed by atoms with Gasteiger partial charge in [0.1, 0.15) is 5.82 Å². The van der Waals surface area contributed by atoms with E-state index in [1.807, 2.05) is 31.2 Å². The molecule has 120 valence electrons. The lowest BCUT2D eigenvalue weighted by Gasteiger charge is -2.07. The zero-order valence-electron chi connectivity index (χ0n) is 12.9. The molecule has 0 fully saturated rings. The normalized spacial score (nSPS) is 10.2. The molecule has 2 rings (SSSR count). The topological polar surface area (TPSA) is 58.2 Å². The minimum atomic E-state index is -0.316. The maximum Gasteiger partial charge on any atom is 0.239 e. The van der Waals surface area contributed by atoms with Gasteiger partial charge in [-0.15, -0.1) is 0 Å². The summed E-state index contributed by atoms with van der Waals surface area (Å²) in [7, 11) is 0. The molecule has 2 aromatic carbocycles. The van der Waals surface area contributed by atoms with Crippen molar-refractivity contribution in [1.29, 1.82) is 0 Å². The molecular weight excluding hydrogens is 295 g/mol. The van der Waals surface area contributed by atoms with E-state index in [1.165, 1.54) is 12.1 Å². The Morgan fingerprint density at radius 1 is 0.870 bits per heavy atom. The van der Waals surface area contributed by atoms with Crippen molar-refractivity contribution in [2.45, 2.75) is 19.9 Å². The van der Waals surface area contributed by atoms with E-state index in [2.05, 4.69) is 10.6 Å². The van der Waals surface area contributed by atoms with Crippen molar-refractivity contribution < 1.29 is 14.0 Å². The maximum atomic E-state index is 12.8. The Morgan fingerprint density at radius 3 is 2.13 bits per heavy atom. The summed E-state index contributed by atoms with van der Waals surface area (Å²) in [5.74, 6) is -0.805. The third-order valence-corrected chi connectivity index (χ3v) is 3.33. The number of aryl methyl sites for hydroxylation is 1. The van der Waals surface area contributed by atoms with Crippen LogP contribution in [-0.4, -0.2) is 18.4 Å². The number of halogens is 1. The van der Waals surface area contributed by atoms with Crippen molar-refractivity contribution in [2.24, 2.45) is 0 Å². The highest BCUT2D eigenvalue weighted by Gasteiger charge is 2.06. The number of benzene rings is 2. The fourth-order valence-corrected chi connectivity index (χ4v) is 2.00. The zero-order chi connectivity index (χ0) is 16.7.